The molecule has 1 aliphatic rings. The van der Waals surface area contributed by atoms with E-state index in [-0.39, 0.29) is 34.5 Å². The molecule has 0 saturated heterocycles. The van der Waals surface area contributed by atoms with E-state index in [1.165, 1.54) is 36.4 Å². The topological polar surface area (TPSA) is 145 Å². The smallest absolute Gasteiger partial charge is 0.352 e. The molecule has 0 radical (unpaired) electrons. The number of aromatic carboxylic acids is 1. The van der Waals surface area contributed by atoms with Crippen molar-refractivity contribution in [2.45, 2.75) is 6.92 Å². The minimum atomic E-state index is -1.22. The first kappa shape index (κ1) is 20.3. The van der Waals surface area contributed by atoms with E-state index in [1.54, 1.807) is 13.0 Å². The van der Waals surface area contributed by atoms with Gasteiger partial charge in [0.2, 0.25) is 0 Å². The lowest BCUT2D eigenvalue weighted by Gasteiger charge is -2.14. The van der Waals surface area contributed by atoms with Gasteiger partial charge in [0.05, 0.1) is 29.0 Å². The average molecular weight is 406 g/mol. The fourth-order valence-electron chi connectivity index (χ4n) is 2.92. The van der Waals surface area contributed by atoms with Crippen molar-refractivity contribution in [3.63, 3.8) is 0 Å². The first-order chi connectivity index (χ1) is 14.3. The Bertz CT molecular complexity index is 1160. The Morgan fingerprint density at radius 1 is 1.00 bits per heavy atom. The Labute approximate surface area is 170 Å². The number of hydrogen-bond donors (Lipinski definition) is 2. The number of carbonyl (C=O) groups is 4. The van der Waals surface area contributed by atoms with Crippen LogP contribution >= 0.6 is 0 Å². The molecule has 2 N–H and O–H groups in total. The molecule has 0 saturated carbocycles. The molecular formula is C21H14N2O7. The second-order valence-electron chi connectivity index (χ2n) is 6.11. The molecule has 0 bridgehead atoms. The second kappa shape index (κ2) is 7.89. The fourth-order valence-corrected chi connectivity index (χ4v) is 2.92. The van der Waals surface area contributed by atoms with Crippen molar-refractivity contribution in [1.82, 2.24) is 0 Å². The molecule has 150 valence electrons. The molecular weight excluding hydrogens is 392 g/mol. The van der Waals surface area contributed by atoms with Gasteiger partial charge in [0.15, 0.2) is 5.57 Å². The molecule has 0 unspecified atom stereocenters. The highest BCUT2D eigenvalue weighted by Gasteiger charge is 2.37. The molecule has 0 aliphatic carbocycles. The van der Waals surface area contributed by atoms with E-state index in [9.17, 15) is 24.3 Å². The number of benzene rings is 2. The highest BCUT2D eigenvalue weighted by Crippen LogP contribution is 2.30. The minimum absolute atomic E-state index is 0.0270. The van der Waals surface area contributed by atoms with E-state index in [4.69, 9.17) is 15.1 Å². The molecule has 0 fully saturated rings. The van der Waals surface area contributed by atoms with Crippen LogP contribution in [0.15, 0.2) is 48.0 Å². The van der Waals surface area contributed by atoms with Crippen LogP contribution in [0.2, 0.25) is 0 Å². The molecule has 3 rings (SSSR count). The van der Waals surface area contributed by atoms with Crippen LogP contribution in [0.1, 0.15) is 43.6 Å². The maximum Gasteiger partial charge on any atom is 0.352 e. The predicted octanol–water partition coefficient (Wildman–Crippen LogP) is 2.54. The number of fused-ring (bicyclic) bond motifs is 1. The number of imide groups is 1. The van der Waals surface area contributed by atoms with Crippen molar-refractivity contribution in [2.75, 3.05) is 11.5 Å². The SMILES string of the molecule is CCOC(=O)C(C#N)=C(O)c1ccc(N2C(=O)c3ccc(C(=O)O)cc3C2=O)cc1. The lowest BCUT2D eigenvalue weighted by Crippen LogP contribution is -2.29. The van der Waals surface area contributed by atoms with E-state index in [1.807, 2.05) is 0 Å². The molecule has 0 spiro atoms. The van der Waals surface area contributed by atoms with Crippen molar-refractivity contribution in [1.29, 1.82) is 5.26 Å². The molecule has 1 heterocycles. The number of amides is 2. The number of ether oxygens (including phenoxy) is 1. The number of anilines is 1. The van der Waals surface area contributed by atoms with Crippen LogP contribution in [0, 0.1) is 11.3 Å². The summed E-state index contributed by atoms with van der Waals surface area (Å²) in [6.45, 7) is 1.58. The number of nitriles is 1. The number of carboxylic acid groups (broad SMARTS) is 1. The van der Waals surface area contributed by atoms with E-state index in [2.05, 4.69) is 0 Å². The Hall–Kier alpha value is -4.45. The van der Waals surface area contributed by atoms with Gasteiger partial charge in [0, 0.05) is 5.56 Å². The molecule has 9 heteroatoms. The molecule has 1 aliphatic heterocycles. The second-order valence-corrected chi connectivity index (χ2v) is 6.11. The number of rotatable bonds is 5. The third kappa shape index (κ3) is 3.38. The van der Waals surface area contributed by atoms with Gasteiger partial charge in [-0.1, -0.05) is 0 Å². The van der Waals surface area contributed by atoms with Crippen molar-refractivity contribution in [3.8, 4) is 6.07 Å². The third-order valence-electron chi connectivity index (χ3n) is 4.36. The molecule has 0 atom stereocenters. The van der Waals surface area contributed by atoms with E-state index in [0.717, 1.165) is 11.0 Å². The van der Waals surface area contributed by atoms with Gasteiger partial charge in [-0.3, -0.25) is 9.59 Å². The highest BCUT2D eigenvalue weighted by molar-refractivity contribution is 6.34. The monoisotopic (exact) mass is 406 g/mol. The van der Waals surface area contributed by atoms with Crippen LogP contribution in [0.4, 0.5) is 5.69 Å². The zero-order valence-corrected chi connectivity index (χ0v) is 15.6. The highest BCUT2D eigenvalue weighted by atomic mass is 16.5. The summed E-state index contributed by atoms with van der Waals surface area (Å²) in [4.78, 5) is 49.0. The Balaban J connectivity index is 1.94. The Morgan fingerprint density at radius 2 is 1.60 bits per heavy atom. The number of esters is 1. The maximum absolute atomic E-state index is 12.7. The number of aliphatic hydroxyl groups excluding tert-OH is 1. The summed E-state index contributed by atoms with van der Waals surface area (Å²) in [5.74, 6) is -4.11. The number of carbonyl (C=O) groups excluding carboxylic acids is 3. The Morgan fingerprint density at radius 3 is 2.17 bits per heavy atom. The average Bonchev–Trinajstić information content (AvgIpc) is 2.98. The first-order valence-corrected chi connectivity index (χ1v) is 8.67. The summed E-state index contributed by atoms with van der Waals surface area (Å²) < 4.78 is 4.71. The van der Waals surface area contributed by atoms with Crippen LogP contribution in [0.25, 0.3) is 5.76 Å². The lowest BCUT2D eigenvalue weighted by molar-refractivity contribution is -0.138. The van der Waals surface area contributed by atoms with Gasteiger partial charge in [-0.2, -0.15) is 5.26 Å². The first-order valence-electron chi connectivity index (χ1n) is 8.67. The molecule has 30 heavy (non-hydrogen) atoms. The van der Waals surface area contributed by atoms with E-state index < -0.39 is 35.1 Å². The summed E-state index contributed by atoms with van der Waals surface area (Å²) in [5, 5.41) is 28.4. The summed E-state index contributed by atoms with van der Waals surface area (Å²) in [6.07, 6.45) is 0. The third-order valence-corrected chi connectivity index (χ3v) is 4.36. The zero-order valence-electron chi connectivity index (χ0n) is 15.6. The van der Waals surface area contributed by atoms with Gasteiger partial charge in [-0.15, -0.1) is 0 Å². The molecule has 2 aromatic carbocycles. The molecule has 0 aromatic heterocycles. The molecule has 2 aromatic rings. The van der Waals surface area contributed by atoms with Crippen LogP contribution < -0.4 is 4.90 Å². The van der Waals surface area contributed by atoms with Gasteiger partial charge in [0.1, 0.15) is 11.8 Å². The fraction of sp³-hybridized carbons (Fsp3) is 0.0952. The number of hydrogen-bond acceptors (Lipinski definition) is 7. The summed E-state index contributed by atoms with van der Waals surface area (Å²) in [6, 6.07) is 10.6. The normalized spacial score (nSPS) is 13.4. The maximum atomic E-state index is 12.7. The molecule has 9 nitrogen and oxygen atoms in total. The van der Waals surface area contributed by atoms with Gasteiger partial charge in [-0.05, 0) is 49.4 Å². The van der Waals surface area contributed by atoms with Gasteiger partial charge >= 0.3 is 11.9 Å². The minimum Gasteiger partial charge on any atom is -0.506 e. The van der Waals surface area contributed by atoms with Crippen molar-refractivity contribution < 1.29 is 34.1 Å². The van der Waals surface area contributed by atoms with Crippen LogP contribution in [0.5, 0.6) is 0 Å². The van der Waals surface area contributed by atoms with Gasteiger partial charge < -0.3 is 14.9 Å². The quantitative estimate of drug-likeness (QED) is 0.253. The van der Waals surface area contributed by atoms with Crippen molar-refractivity contribution in [3.05, 3.63) is 70.3 Å². The van der Waals surface area contributed by atoms with Gasteiger partial charge in [0.25, 0.3) is 11.8 Å². The van der Waals surface area contributed by atoms with E-state index in [0.29, 0.717) is 0 Å². The standard InChI is InChI=1S/C21H14N2O7/c1-2-30-21(29)16(10-22)17(24)11-3-6-13(7-4-11)23-18(25)14-8-5-12(20(27)28)9-15(14)19(23)26/h3-9,24H,2H2,1H3,(H,27,28). The summed E-state index contributed by atoms with van der Waals surface area (Å²) >= 11 is 0. The van der Waals surface area contributed by atoms with E-state index >= 15 is 0 Å². The van der Waals surface area contributed by atoms with Gasteiger partial charge in [-0.25, -0.2) is 14.5 Å². The van der Waals surface area contributed by atoms with Crippen molar-refractivity contribution >= 4 is 35.2 Å². The number of carboxylic acids is 1. The number of nitrogens with zero attached hydrogens (tertiary/aromatic N) is 2. The van der Waals surface area contributed by atoms with Crippen LogP contribution in [-0.2, 0) is 9.53 Å². The van der Waals surface area contributed by atoms with Crippen molar-refractivity contribution in [2.24, 2.45) is 0 Å². The summed E-state index contributed by atoms with van der Waals surface area (Å²) in [5.41, 5.74) is -0.374. The largest absolute Gasteiger partial charge is 0.506 e. The Kier molecular flexibility index (Phi) is 5.33. The lowest BCUT2D eigenvalue weighted by atomic mass is 10.1. The van der Waals surface area contributed by atoms with Crippen LogP contribution in [-0.4, -0.2) is 40.6 Å². The predicted molar refractivity (Wildman–Crippen MR) is 103 cm³/mol. The number of aliphatic hydroxyl groups is 1. The van der Waals surface area contributed by atoms with Crippen LogP contribution in [0.3, 0.4) is 0 Å². The molecule has 2 amide bonds. The zero-order chi connectivity index (χ0) is 22.0. The summed E-state index contributed by atoms with van der Waals surface area (Å²) in [7, 11) is 0.